The van der Waals surface area contributed by atoms with Crippen LogP contribution in [0.1, 0.15) is 62.8 Å². The average Bonchev–Trinajstić information content (AvgIpc) is 3.30. The smallest absolute Gasteiger partial charge is 0.226 e. The molecule has 1 aromatic heterocycles. The standard InChI is InChI=1S/C18H26FN3O3/c1-2-14(21-18(24)7-11-5-13(19)6-11)10-20-17(23)9-15-8-16(25-22-15)12-3-4-12/h8,11-14H,2-7,9-10H2,1H3,(H,20,23)(H,21,24). The fraction of sp³-hybridized carbons (Fsp3) is 0.722. The Morgan fingerprint density at radius 3 is 2.76 bits per heavy atom. The van der Waals surface area contributed by atoms with Gasteiger partial charge in [-0.25, -0.2) is 4.39 Å². The van der Waals surface area contributed by atoms with Crippen LogP contribution in [0, 0.1) is 5.92 Å². The molecule has 1 unspecified atom stereocenters. The van der Waals surface area contributed by atoms with E-state index in [0.29, 0.717) is 37.4 Å². The van der Waals surface area contributed by atoms with E-state index >= 15 is 0 Å². The quantitative estimate of drug-likeness (QED) is 0.715. The summed E-state index contributed by atoms with van der Waals surface area (Å²) in [5, 5.41) is 9.68. The molecule has 3 rings (SSSR count). The van der Waals surface area contributed by atoms with Crippen LogP contribution >= 0.6 is 0 Å². The highest BCUT2D eigenvalue weighted by Crippen LogP contribution is 2.40. The number of halogens is 1. The Bertz CT molecular complexity index is 608. The van der Waals surface area contributed by atoms with Gasteiger partial charge in [0.25, 0.3) is 0 Å². The van der Waals surface area contributed by atoms with Gasteiger partial charge in [0, 0.05) is 31.0 Å². The summed E-state index contributed by atoms with van der Waals surface area (Å²) in [4.78, 5) is 24.0. The average molecular weight is 351 g/mol. The lowest BCUT2D eigenvalue weighted by Crippen LogP contribution is -2.44. The molecule has 2 aliphatic rings. The van der Waals surface area contributed by atoms with Crippen LogP contribution in [0.3, 0.4) is 0 Å². The minimum atomic E-state index is -0.740. The Morgan fingerprint density at radius 2 is 2.12 bits per heavy atom. The first-order valence-electron chi connectivity index (χ1n) is 9.19. The van der Waals surface area contributed by atoms with Crippen molar-refractivity contribution in [1.82, 2.24) is 15.8 Å². The van der Waals surface area contributed by atoms with Crippen LogP contribution in [0.2, 0.25) is 0 Å². The number of hydrogen-bond donors (Lipinski definition) is 2. The Labute approximate surface area is 146 Å². The molecule has 1 heterocycles. The van der Waals surface area contributed by atoms with Gasteiger partial charge in [0.05, 0.1) is 12.1 Å². The van der Waals surface area contributed by atoms with Crippen molar-refractivity contribution in [2.75, 3.05) is 6.54 Å². The number of nitrogens with zero attached hydrogens (tertiary/aromatic N) is 1. The normalized spacial score (nSPS) is 23.6. The number of amides is 2. The second kappa shape index (κ2) is 7.97. The summed E-state index contributed by atoms with van der Waals surface area (Å²) >= 11 is 0. The van der Waals surface area contributed by atoms with Crippen molar-refractivity contribution in [3.8, 4) is 0 Å². The van der Waals surface area contributed by atoms with Crippen LogP contribution in [0.15, 0.2) is 10.6 Å². The minimum absolute atomic E-state index is 0.0661. The third-order valence-corrected chi connectivity index (χ3v) is 4.95. The molecular formula is C18H26FN3O3. The van der Waals surface area contributed by atoms with Crippen molar-refractivity contribution in [2.24, 2.45) is 5.92 Å². The maximum atomic E-state index is 12.8. The van der Waals surface area contributed by atoms with Crippen LogP contribution in [-0.4, -0.2) is 35.7 Å². The van der Waals surface area contributed by atoms with Gasteiger partial charge in [-0.1, -0.05) is 12.1 Å². The molecule has 0 bridgehead atoms. The summed E-state index contributed by atoms with van der Waals surface area (Å²) in [6, 6.07) is 1.74. The van der Waals surface area contributed by atoms with Crippen LogP contribution < -0.4 is 10.6 Å². The molecule has 1 atom stereocenters. The molecule has 0 saturated heterocycles. The Hall–Kier alpha value is -1.92. The molecule has 0 radical (unpaired) electrons. The number of alkyl halides is 1. The van der Waals surface area contributed by atoms with Crippen molar-refractivity contribution < 1.29 is 18.5 Å². The van der Waals surface area contributed by atoms with E-state index in [2.05, 4.69) is 15.8 Å². The summed E-state index contributed by atoms with van der Waals surface area (Å²) in [5.41, 5.74) is 0.641. The number of rotatable bonds is 9. The Balaban J connectivity index is 1.36. The van der Waals surface area contributed by atoms with Crippen LogP contribution in [0.4, 0.5) is 4.39 Å². The van der Waals surface area contributed by atoms with Gasteiger partial charge in [-0.2, -0.15) is 0 Å². The van der Waals surface area contributed by atoms with Crippen LogP contribution in [-0.2, 0) is 16.0 Å². The van der Waals surface area contributed by atoms with E-state index in [1.54, 1.807) is 0 Å². The molecule has 25 heavy (non-hydrogen) atoms. The van der Waals surface area contributed by atoms with Crippen molar-refractivity contribution >= 4 is 11.8 Å². The molecule has 0 aromatic carbocycles. The zero-order valence-electron chi connectivity index (χ0n) is 14.6. The third-order valence-electron chi connectivity index (χ3n) is 4.95. The lowest BCUT2D eigenvalue weighted by molar-refractivity contribution is -0.125. The van der Waals surface area contributed by atoms with Gasteiger partial charge in [-0.15, -0.1) is 0 Å². The largest absolute Gasteiger partial charge is 0.361 e. The van der Waals surface area contributed by atoms with E-state index in [1.165, 1.54) is 0 Å². The molecule has 2 aliphatic carbocycles. The molecule has 2 fully saturated rings. The van der Waals surface area contributed by atoms with Gasteiger partial charge in [-0.05, 0) is 38.0 Å². The highest BCUT2D eigenvalue weighted by atomic mass is 19.1. The number of hydrogen-bond acceptors (Lipinski definition) is 4. The van der Waals surface area contributed by atoms with E-state index < -0.39 is 6.17 Å². The summed E-state index contributed by atoms with van der Waals surface area (Å²) in [7, 11) is 0. The van der Waals surface area contributed by atoms with Crippen LogP contribution in [0.5, 0.6) is 0 Å². The van der Waals surface area contributed by atoms with E-state index in [4.69, 9.17) is 4.52 Å². The third kappa shape index (κ3) is 5.28. The fourth-order valence-corrected chi connectivity index (χ4v) is 3.10. The topological polar surface area (TPSA) is 84.2 Å². The fourth-order valence-electron chi connectivity index (χ4n) is 3.10. The minimum Gasteiger partial charge on any atom is -0.361 e. The summed E-state index contributed by atoms with van der Waals surface area (Å²) in [5.74, 6) is 1.31. The Kier molecular flexibility index (Phi) is 5.71. The first-order chi connectivity index (χ1) is 12.0. The van der Waals surface area contributed by atoms with Crippen molar-refractivity contribution in [2.45, 2.75) is 70.0 Å². The van der Waals surface area contributed by atoms with Gasteiger partial charge < -0.3 is 15.2 Å². The SMILES string of the molecule is CCC(CNC(=O)Cc1cc(C2CC2)on1)NC(=O)CC1CC(F)C1. The second-order valence-corrected chi connectivity index (χ2v) is 7.29. The molecule has 2 amide bonds. The molecule has 138 valence electrons. The predicted octanol–water partition coefficient (Wildman–Crippen LogP) is 2.24. The zero-order chi connectivity index (χ0) is 17.8. The van der Waals surface area contributed by atoms with Gasteiger partial charge in [0.15, 0.2) is 0 Å². The lowest BCUT2D eigenvalue weighted by Gasteiger charge is -2.29. The van der Waals surface area contributed by atoms with Crippen LogP contribution in [0.25, 0.3) is 0 Å². The predicted molar refractivity (Wildman–Crippen MR) is 89.7 cm³/mol. The number of carbonyl (C=O) groups is 2. The number of carbonyl (C=O) groups excluding carboxylic acids is 2. The van der Waals surface area contributed by atoms with Gasteiger partial charge in [0.1, 0.15) is 11.9 Å². The zero-order valence-corrected chi connectivity index (χ0v) is 14.6. The van der Waals surface area contributed by atoms with Gasteiger partial charge >= 0.3 is 0 Å². The second-order valence-electron chi connectivity index (χ2n) is 7.29. The van der Waals surface area contributed by atoms with E-state index in [9.17, 15) is 14.0 Å². The molecule has 0 spiro atoms. The number of nitrogens with one attached hydrogen (secondary N) is 2. The Morgan fingerprint density at radius 1 is 1.36 bits per heavy atom. The summed E-state index contributed by atoms with van der Waals surface area (Å²) < 4.78 is 18.0. The monoisotopic (exact) mass is 351 g/mol. The first kappa shape index (κ1) is 17.9. The van der Waals surface area contributed by atoms with Crippen molar-refractivity contribution in [1.29, 1.82) is 0 Å². The molecule has 2 saturated carbocycles. The first-order valence-corrected chi connectivity index (χ1v) is 9.19. The number of aromatic nitrogens is 1. The highest BCUT2D eigenvalue weighted by Gasteiger charge is 2.31. The van der Waals surface area contributed by atoms with Gasteiger partial charge in [-0.3, -0.25) is 9.59 Å². The highest BCUT2D eigenvalue weighted by molar-refractivity contribution is 5.79. The van der Waals surface area contributed by atoms with Crippen molar-refractivity contribution in [3.63, 3.8) is 0 Å². The van der Waals surface area contributed by atoms with E-state index in [0.717, 1.165) is 25.0 Å². The molecule has 0 aliphatic heterocycles. The lowest BCUT2D eigenvalue weighted by atomic mass is 9.81. The van der Waals surface area contributed by atoms with E-state index in [-0.39, 0.29) is 30.2 Å². The van der Waals surface area contributed by atoms with E-state index in [1.807, 2.05) is 13.0 Å². The molecule has 2 N–H and O–H groups in total. The summed E-state index contributed by atoms with van der Waals surface area (Å²) in [6.45, 7) is 2.34. The summed E-state index contributed by atoms with van der Waals surface area (Å²) in [6.07, 6.45) is 3.77. The van der Waals surface area contributed by atoms with Crippen molar-refractivity contribution in [3.05, 3.63) is 17.5 Å². The molecular weight excluding hydrogens is 325 g/mol. The molecule has 6 nitrogen and oxygen atoms in total. The molecule has 1 aromatic rings. The maximum Gasteiger partial charge on any atom is 0.226 e. The molecule has 7 heteroatoms. The maximum absolute atomic E-state index is 12.8. The van der Waals surface area contributed by atoms with Gasteiger partial charge in [0.2, 0.25) is 11.8 Å².